The second-order valence-corrected chi connectivity index (χ2v) is 6.09. The fourth-order valence-corrected chi connectivity index (χ4v) is 2.65. The van der Waals surface area contributed by atoms with Crippen molar-refractivity contribution in [3.05, 3.63) is 42.0 Å². The zero-order valence-electron chi connectivity index (χ0n) is 14.9. The van der Waals surface area contributed by atoms with Crippen molar-refractivity contribution in [2.75, 3.05) is 19.7 Å². The lowest BCUT2D eigenvalue weighted by atomic mass is 10.0. The van der Waals surface area contributed by atoms with Crippen molar-refractivity contribution in [3.8, 4) is 5.75 Å². The number of hydrogen-bond donors (Lipinski definition) is 2. The lowest BCUT2D eigenvalue weighted by molar-refractivity contribution is 0.323. The molecule has 24 heavy (non-hydrogen) atoms. The first kappa shape index (κ1) is 20.8. The number of guanidine groups is 1. The molecule has 0 spiro atoms. The Morgan fingerprint density at radius 2 is 1.96 bits per heavy atom. The summed E-state index contributed by atoms with van der Waals surface area (Å²) in [7, 11) is 0. The number of para-hydroxylation sites is 1. The molecule has 1 aliphatic carbocycles. The Morgan fingerprint density at radius 1 is 1.25 bits per heavy atom. The van der Waals surface area contributed by atoms with E-state index in [1.807, 2.05) is 12.1 Å². The molecule has 0 unspecified atom stereocenters. The molecule has 4 nitrogen and oxygen atoms in total. The monoisotopic (exact) mass is 443 g/mol. The average molecular weight is 443 g/mol. The summed E-state index contributed by atoms with van der Waals surface area (Å²) in [6.45, 7) is 8.54. The van der Waals surface area contributed by atoms with Crippen LogP contribution in [0.15, 0.2) is 41.4 Å². The molecule has 1 aliphatic rings. The highest BCUT2D eigenvalue weighted by molar-refractivity contribution is 14.0. The summed E-state index contributed by atoms with van der Waals surface area (Å²) in [4.78, 5) is 4.61. The van der Waals surface area contributed by atoms with E-state index in [2.05, 4.69) is 60.7 Å². The summed E-state index contributed by atoms with van der Waals surface area (Å²) in [5, 5.41) is 6.76. The molecule has 0 saturated carbocycles. The van der Waals surface area contributed by atoms with E-state index in [-0.39, 0.29) is 24.0 Å². The van der Waals surface area contributed by atoms with E-state index in [0.29, 0.717) is 25.1 Å². The molecule has 2 rings (SSSR count). The molecule has 2 N–H and O–H groups in total. The van der Waals surface area contributed by atoms with Crippen LogP contribution in [-0.2, 0) is 0 Å². The predicted molar refractivity (Wildman–Crippen MR) is 113 cm³/mol. The van der Waals surface area contributed by atoms with Crippen molar-refractivity contribution in [3.63, 3.8) is 0 Å². The minimum Gasteiger partial charge on any atom is -0.491 e. The van der Waals surface area contributed by atoms with Crippen LogP contribution in [0.25, 0.3) is 0 Å². The molecule has 0 bridgehead atoms. The highest BCUT2D eigenvalue weighted by Crippen LogP contribution is 2.25. The van der Waals surface area contributed by atoms with Crippen LogP contribution in [0.4, 0.5) is 0 Å². The molecule has 0 fully saturated rings. The molecule has 0 aliphatic heterocycles. The maximum absolute atomic E-state index is 5.92. The van der Waals surface area contributed by atoms with E-state index in [1.54, 1.807) is 0 Å². The Kier molecular flexibility index (Phi) is 9.83. The van der Waals surface area contributed by atoms with Gasteiger partial charge in [-0.1, -0.05) is 44.2 Å². The minimum atomic E-state index is 0. The highest BCUT2D eigenvalue weighted by Gasteiger charge is 2.11. The summed E-state index contributed by atoms with van der Waals surface area (Å²) in [6.07, 6.45) is 6.58. The van der Waals surface area contributed by atoms with Gasteiger partial charge >= 0.3 is 0 Å². The molecule has 1 aromatic carbocycles. The van der Waals surface area contributed by atoms with E-state index < -0.39 is 0 Å². The number of hydrogen-bond acceptors (Lipinski definition) is 2. The highest BCUT2D eigenvalue weighted by atomic mass is 127. The molecule has 0 aromatic heterocycles. The quantitative estimate of drug-likeness (QED) is 0.220. The van der Waals surface area contributed by atoms with Crippen molar-refractivity contribution in [1.82, 2.24) is 10.6 Å². The Labute approximate surface area is 163 Å². The first-order valence-corrected chi connectivity index (χ1v) is 8.62. The molecule has 134 valence electrons. The van der Waals surface area contributed by atoms with Crippen LogP contribution in [-0.4, -0.2) is 31.7 Å². The number of aliphatic imine (C=N–C) groups is 1. The number of rotatable bonds is 7. The predicted octanol–water partition coefficient (Wildman–Crippen LogP) is 4.08. The molecule has 1 aromatic rings. The number of benzene rings is 1. The molecule has 0 radical (unpaired) electrons. The summed E-state index contributed by atoms with van der Waals surface area (Å²) >= 11 is 0. The summed E-state index contributed by atoms with van der Waals surface area (Å²) in [5.74, 6) is 2.31. The Morgan fingerprint density at radius 3 is 2.62 bits per heavy atom. The van der Waals surface area contributed by atoms with Crippen LogP contribution >= 0.6 is 24.0 Å². The summed E-state index contributed by atoms with van der Waals surface area (Å²) in [6, 6.07) is 8.71. The molecule has 0 amide bonds. The summed E-state index contributed by atoms with van der Waals surface area (Å²) < 4.78 is 5.92. The van der Waals surface area contributed by atoms with Gasteiger partial charge in [-0.3, -0.25) is 0 Å². The third kappa shape index (κ3) is 6.71. The maximum atomic E-state index is 5.92. The van der Waals surface area contributed by atoms with Gasteiger partial charge in [0.2, 0.25) is 0 Å². The van der Waals surface area contributed by atoms with Crippen molar-refractivity contribution < 1.29 is 4.74 Å². The van der Waals surface area contributed by atoms with Crippen LogP contribution < -0.4 is 15.4 Å². The third-order valence-electron chi connectivity index (χ3n) is 3.85. The van der Waals surface area contributed by atoms with E-state index >= 15 is 0 Å². The first-order valence-electron chi connectivity index (χ1n) is 8.62. The van der Waals surface area contributed by atoms with Gasteiger partial charge in [0.05, 0.1) is 6.54 Å². The van der Waals surface area contributed by atoms with Crippen LogP contribution in [0.1, 0.15) is 45.1 Å². The number of ether oxygens (including phenoxy) is 1. The number of nitrogens with one attached hydrogen (secondary N) is 2. The van der Waals surface area contributed by atoms with Crippen molar-refractivity contribution in [2.24, 2.45) is 4.99 Å². The second kappa shape index (κ2) is 11.3. The second-order valence-electron chi connectivity index (χ2n) is 6.09. The maximum Gasteiger partial charge on any atom is 0.191 e. The topological polar surface area (TPSA) is 45.7 Å². The van der Waals surface area contributed by atoms with Gasteiger partial charge < -0.3 is 15.4 Å². The SMILES string of the molecule is CCNC(=NCCOc1ccccc1C(C)C)NC1CC=CC1.I. The lowest BCUT2D eigenvalue weighted by Crippen LogP contribution is -2.42. The van der Waals surface area contributed by atoms with E-state index in [1.165, 1.54) is 5.56 Å². The number of halogens is 1. The fourth-order valence-electron chi connectivity index (χ4n) is 2.65. The van der Waals surface area contributed by atoms with Gasteiger partial charge in [0, 0.05) is 12.6 Å². The van der Waals surface area contributed by atoms with Crippen LogP contribution in [0.3, 0.4) is 0 Å². The first-order chi connectivity index (χ1) is 11.2. The van der Waals surface area contributed by atoms with E-state index in [9.17, 15) is 0 Å². The van der Waals surface area contributed by atoms with Gasteiger partial charge in [0.15, 0.2) is 5.96 Å². The third-order valence-corrected chi connectivity index (χ3v) is 3.85. The van der Waals surface area contributed by atoms with Gasteiger partial charge in [-0.2, -0.15) is 0 Å². The average Bonchev–Trinajstić information content (AvgIpc) is 3.05. The molecule has 0 saturated heterocycles. The Hall–Kier alpha value is -1.24. The van der Waals surface area contributed by atoms with Crippen LogP contribution in [0.2, 0.25) is 0 Å². The smallest absolute Gasteiger partial charge is 0.191 e. The van der Waals surface area contributed by atoms with Gasteiger partial charge in [0.1, 0.15) is 12.4 Å². The van der Waals surface area contributed by atoms with Gasteiger partial charge in [-0.25, -0.2) is 4.99 Å². The Bertz CT molecular complexity index is 535. The molecule has 0 atom stereocenters. The van der Waals surface area contributed by atoms with E-state index in [0.717, 1.165) is 31.1 Å². The molecular formula is C19H30IN3O. The zero-order valence-corrected chi connectivity index (χ0v) is 17.2. The lowest BCUT2D eigenvalue weighted by Gasteiger charge is -2.17. The van der Waals surface area contributed by atoms with Crippen LogP contribution in [0, 0.1) is 0 Å². The molecular weight excluding hydrogens is 413 g/mol. The van der Waals surface area contributed by atoms with Gasteiger partial charge in [-0.05, 0) is 37.3 Å². The molecule has 0 heterocycles. The largest absolute Gasteiger partial charge is 0.491 e. The van der Waals surface area contributed by atoms with E-state index in [4.69, 9.17) is 4.74 Å². The van der Waals surface area contributed by atoms with Gasteiger partial charge in [0.25, 0.3) is 0 Å². The van der Waals surface area contributed by atoms with Crippen LogP contribution in [0.5, 0.6) is 5.75 Å². The number of nitrogens with zero attached hydrogens (tertiary/aromatic N) is 1. The Balaban J connectivity index is 0.00000288. The fraction of sp³-hybridized carbons (Fsp3) is 0.526. The van der Waals surface area contributed by atoms with Gasteiger partial charge in [-0.15, -0.1) is 24.0 Å². The minimum absolute atomic E-state index is 0. The normalized spacial score (nSPS) is 14.6. The van der Waals surface area contributed by atoms with Crippen molar-refractivity contribution in [1.29, 1.82) is 0 Å². The molecule has 5 heteroatoms. The van der Waals surface area contributed by atoms with Crippen molar-refractivity contribution in [2.45, 2.75) is 45.6 Å². The standard InChI is InChI=1S/C19H29N3O.HI/c1-4-20-19(22-16-9-5-6-10-16)21-13-14-23-18-12-8-7-11-17(18)15(2)3;/h5-8,11-12,15-16H,4,9-10,13-14H2,1-3H3,(H2,20,21,22);1H. The van der Waals surface area contributed by atoms with Crippen molar-refractivity contribution >= 4 is 29.9 Å². The zero-order chi connectivity index (χ0) is 16.5. The summed E-state index contributed by atoms with van der Waals surface area (Å²) in [5.41, 5.74) is 1.25.